The zero-order chi connectivity index (χ0) is 18.7. The number of hydrogen-bond acceptors (Lipinski definition) is 0. The molecule has 26 heavy (non-hydrogen) atoms. The first-order valence-electron chi connectivity index (χ1n) is 10.9. The average molecular weight is 353 g/mol. The van der Waals surface area contributed by atoms with E-state index in [1.807, 2.05) is 6.08 Å². The fraction of sp³-hybridized carbons (Fsp3) is 0.538. The van der Waals surface area contributed by atoms with Crippen LogP contribution >= 0.6 is 0 Å². The molecule has 0 spiro atoms. The van der Waals surface area contributed by atoms with Crippen LogP contribution in [0.4, 0.5) is 0 Å². The normalized spacial score (nSPS) is 10.3. The first-order valence-corrected chi connectivity index (χ1v) is 10.9. The van der Waals surface area contributed by atoms with Gasteiger partial charge in [0.1, 0.15) is 0 Å². The second kappa shape index (κ2) is 16.9. The molecule has 0 radical (unpaired) electrons. The lowest BCUT2D eigenvalue weighted by Crippen LogP contribution is -1.82. The van der Waals surface area contributed by atoms with Crippen LogP contribution in [-0.2, 0) is 0 Å². The molecule has 0 fully saturated rings. The third kappa shape index (κ3) is 11.9. The van der Waals surface area contributed by atoms with Crippen LogP contribution in [0.3, 0.4) is 0 Å². The van der Waals surface area contributed by atoms with Crippen molar-refractivity contribution in [2.24, 2.45) is 0 Å². The molecule has 0 saturated heterocycles. The Bertz CT molecular complexity index is 489. The first kappa shape index (κ1) is 22.5. The molecule has 2 aromatic carbocycles. The second-order valence-corrected chi connectivity index (χ2v) is 7.31. The van der Waals surface area contributed by atoms with Gasteiger partial charge in [-0.25, -0.2) is 0 Å². The smallest absolute Gasteiger partial charge is 0.0184 e. The van der Waals surface area contributed by atoms with Crippen LogP contribution in [0, 0.1) is 0 Å². The van der Waals surface area contributed by atoms with Crippen molar-refractivity contribution in [2.75, 3.05) is 0 Å². The monoisotopic (exact) mass is 352 g/mol. The maximum absolute atomic E-state index is 3.75. The molecule has 0 aliphatic rings. The molecule has 144 valence electrons. The van der Waals surface area contributed by atoms with E-state index in [0.29, 0.717) is 0 Å². The first-order chi connectivity index (χ1) is 12.9. The molecule has 0 heteroatoms. The highest BCUT2D eigenvalue weighted by atomic mass is 14.0. The Labute approximate surface area is 162 Å². The molecular formula is C26H40. The van der Waals surface area contributed by atoms with Crippen LogP contribution < -0.4 is 0 Å². The predicted molar refractivity (Wildman–Crippen MR) is 120 cm³/mol. The highest BCUT2D eigenvalue weighted by molar-refractivity contribution is 5.81. The quantitative estimate of drug-likeness (QED) is 0.249. The highest BCUT2D eigenvalue weighted by Gasteiger charge is 1.92. The molecule has 0 amide bonds. The standard InChI is InChI=1S/C16H32.C10H8/c1-3-5-7-9-11-13-15-16-14-12-10-8-6-4-2;1-2-6-10-8-4-3-7-9(10)5-1/h3H,1,4-16H2,2H3;1-8H. The number of fused-ring (bicyclic) bond motifs is 1. The molecule has 2 aromatic rings. The van der Waals surface area contributed by atoms with Gasteiger partial charge in [-0.2, -0.15) is 0 Å². The van der Waals surface area contributed by atoms with Gasteiger partial charge >= 0.3 is 0 Å². The van der Waals surface area contributed by atoms with E-state index < -0.39 is 0 Å². The maximum Gasteiger partial charge on any atom is -0.0184 e. The van der Waals surface area contributed by atoms with Crippen LogP contribution in [-0.4, -0.2) is 0 Å². The Kier molecular flexibility index (Phi) is 14.6. The molecule has 0 saturated carbocycles. The minimum Gasteiger partial charge on any atom is -0.103 e. The molecule has 0 unspecified atom stereocenters. The summed E-state index contributed by atoms with van der Waals surface area (Å²) in [6, 6.07) is 16.7. The van der Waals surface area contributed by atoms with E-state index in [2.05, 4.69) is 62.0 Å². The van der Waals surface area contributed by atoms with E-state index in [0.717, 1.165) is 0 Å². The summed E-state index contributed by atoms with van der Waals surface area (Å²) in [5, 5.41) is 2.62. The molecule has 0 bridgehead atoms. The molecule has 0 N–H and O–H groups in total. The summed E-state index contributed by atoms with van der Waals surface area (Å²) in [4.78, 5) is 0. The van der Waals surface area contributed by atoms with Crippen molar-refractivity contribution >= 4 is 10.8 Å². The molecular weight excluding hydrogens is 312 g/mol. The minimum atomic E-state index is 1.21. The van der Waals surface area contributed by atoms with Crippen LogP contribution in [0.2, 0.25) is 0 Å². The van der Waals surface area contributed by atoms with Crippen molar-refractivity contribution in [3.8, 4) is 0 Å². The molecule has 0 aliphatic carbocycles. The Balaban J connectivity index is 0.000000284. The van der Waals surface area contributed by atoms with E-state index in [1.165, 1.54) is 94.2 Å². The third-order valence-corrected chi connectivity index (χ3v) is 4.92. The van der Waals surface area contributed by atoms with Gasteiger partial charge in [0.25, 0.3) is 0 Å². The highest BCUT2D eigenvalue weighted by Crippen LogP contribution is 2.12. The summed E-state index contributed by atoms with van der Waals surface area (Å²) < 4.78 is 0. The molecule has 2 rings (SSSR count). The predicted octanol–water partition coefficient (Wildman–Crippen LogP) is 9.10. The van der Waals surface area contributed by atoms with Gasteiger partial charge in [0.15, 0.2) is 0 Å². The molecule has 0 aromatic heterocycles. The van der Waals surface area contributed by atoms with E-state index in [1.54, 1.807) is 0 Å². The fourth-order valence-corrected chi connectivity index (χ4v) is 3.26. The lowest BCUT2D eigenvalue weighted by atomic mass is 10.0. The van der Waals surface area contributed by atoms with Gasteiger partial charge in [-0.15, -0.1) is 6.58 Å². The summed E-state index contributed by atoms with van der Waals surface area (Å²) in [5.41, 5.74) is 0. The third-order valence-electron chi connectivity index (χ3n) is 4.92. The van der Waals surface area contributed by atoms with Crippen LogP contribution in [0.25, 0.3) is 10.8 Å². The zero-order valence-corrected chi connectivity index (χ0v) is 17.1. The Hall–Kier alpha value is -1.56. The van der Waals surface area contributed by atoms with E-state index in [-0.39, 0.29) is 0 Å². The number of rotatable bonds is 13. The molecule has 0 heterocycles. The summed E-state index contributed by atoms with van der Waals surface area (Å²) in [6.45, 7) is 6.03. The van der Waals surface area contributed by atoms with Crippen molar-refractivity contribution in [3.63, 3.8) is 0 Å². The Morgan fingerprint density at radius 1 is 0.577 bits per heavy atom. The van der Waals surface area contributed by atoms with Gasteiger partial charge in [0, 0.05) is 0 Å². The van der Waals surface area contributed by atoms with Crippen molar-refractivity contribution in [2.45, 2.75) is 90.4 Å². The van der Waals surface area contributed by atoms with E-state index in [4.69, 9.17) is 0 Å². The molecule has 0 aliphatic heterocycles. The minimum absolute atomic E-state index is 1.21. The van der Waals surface area contributed by atoms with Crippen LogP contribution in [0.1, 0.15) is 90.4 Å². The largest absolute Gasteiger partial charge is 0.103 e. The topological polar surface area (TPSA) is 0 Å². The number of allylic oxidation sites excluding steroid dienone is 1. The van der Waals surface area contributed by atoms with Gasteiger partial charge in [-0.1, -0.05) is 132 Å². The summed E-state index contributed by atoms with van der Waals surface area (Å²) >= 11 is 0. The number of benzene rings is 2. The van der Waals surface area contributed by atoms with Gasteiger partial charge in [-0.05, 0) is 23.6 Å². The molecule has 0 atom stereocenters. The summed E-state index contributed by atoms with van der Waals surface area (Å²) in [5.74, 6) is 0. The number of unbranched alkanes of at least 4 members (excludes halogenated alkanes) is 12. The summed E-state index contributed by atoms with van der Waals surface area (Å²) in [6.07, 6.45) is 20.5. The van der Waals surface area contributed by atoms with Crippen molar-refractivity contribution in [3.05, 3.63) is 61.2 Å². The lowest BCUT2D eigenvalue weighted by molar-refractivity contribution is 0.545. The van der Waals surface area contributed by atoms with Crippen molar-refractivity contribution in [1.29, 1.82) is 0 Å². The lowest BCUT2D eigenvalue weighted by Gasteiger charge is -2.02. The Morgan fingerprint density at radius 3 is 1.27 bits per heavy atom. The average Bonchev–Trinajstić information content (AvgIpc) is 2.69. The van der Waals surface area contributed by atoms with Gasteiger partial charge in [-0.3, -0.25) is 0 Å². The van der Waals surface area contributed by atoms with Gasteiger partial charge < -0.3 is 0 Å². The van der Waals surface area contributed by atoms with Crippen molar-refractivity contribution in [1.82, 2.24) is 0 Å². The maximum atomic E-state index is 3.75. The second-order valence-electron chi connectivity index (χ2n) is 7.31. The van der Waals surface area contributed by atoms with Crippen LogP contribution in [0.5, 0.6) is 0 Å². The van der Waals surface area contributed by atoms with Crippen LogP contribution in [0.15, 0.2) is 61.2 Å². The van der Waals surface area contributed by atoms with E-state index in [9.17, 15) is 0 Å². The Morgan fingerprint density at radius 2 is 0.923 bits per heavy atom. The van der Waals surface area contributed by atoms with E-state index >= 15 is 0 Å². The fourth-order valence-electron chi connectivity index (χ4n) is 3.26. The molecule has 0 nitrogen and oxygen atoms in total. The van der Waals surface area contributed by atoms with Crippen molar-refractivity contribution < 1.29 is 0 Å². The van der Waals surface area contributed by atoms with Gasteiger partial charge in [0.05, 0.1) is 0 Å². The zero-order valence-electron chi connectivity index (χ0n) is 17.1. The number of hydrogen-bond donors (Lipinski definition) is 0. The van der Waals surface area contributed by atoms with Gasteiger partial charge in [0.2, 0.25) is 0 Å². The SMILES string of the molecule is C=CCCCCCCCCCCCCCC.c1ccc2ccccc2c1. The summed E-state index contributed by atoms with van der Waals surface area (Å²) in [7, 11) is 0.